The minimum atomic E-state index is -0.707. The molecule has 0 bridgehead atoms. The molecule has 45 heavy (non-hydrogen) atoms. The number of piperidine rings is 1. The van der Waals surface area contributed by atoms with Crippen LogP contribution in [0.25, 0.3) is 0 Å². The van der Waals surface area contributed by atoms with Crippen molar-refractivity contribution >= 4 is 17.8 Å². The number of aryl methyl sites for hydroxylation is 2. The molecule has 3 aliphatic rings. The maximum atomic E-state index is 14.4. The van der Waals surface area contributed by atoms with Crippen LogP contribution < -0.4 is 10.6 Å². The molecule has 3 aliphatic heterocycles. The summed E-state index contributed by atoms with van der Waals surface area (Å²) < 4.78 is 0. The zero-order chi connectivity index (χ0) is 31.5. The van der Waals surface area contributed by atoms with Gasteiger partial charge in [-0.1, -0.05) is 84.4 Å². The van der Waals surface area contributed by atoms with Crippen LogP contribution >= 0.6 is 0 Å². The third-order valence-electron chi connectivity index (χ3n) is 9.44. The van der Waals surface area contributed by atoms with Crippen molar-refractivity contribution in [3.05, 3.63) is 118 Å². The second-order valence-electron chi connectivity index (χ2n) is 12.5. The monoisotopic (exact) mass is 605 g/mol. The van der Waals surface area contributed by atoms with Crippen molar-refractivity contribution in [3.63, 3.8) is 0 Å². The number of urea groups is 1. The summed E-state index contributed by atoms with van der Waals surface area (Å²) in [6, 6.07) is 25.0. The number of rotatable bonds is 9. The number of hydrogen-bond donors (Lipinski definition) is 2. The lowest BCUT2D eigenvalue weighted by atomic mass is 9.91. The largest absolute Gasteiger partial charge is 0.351 e. The number of likely N-dealkylation sites (N-methyl/N-ethyl adjacent to an activating group) is 1. The number of likely N-dealkylation sites (tertiary alicyclic amines) is 1. The van der Waals surface area contributed by atoms with Crippen molar-refractivity contribution in [2.45, 2.75) is 64.7 Å². The fourth-order valence-electron chi connectivity index (χ4n) is 7.04. The van der Waals surface area contributed by atoms with Gasteiger partial charge in [-0.2, -0.15) is 0 Å². The molecule has 6 rings (SSSR count). The summed E-state index contributed by atoms with van der Waals surface area (Å²) in [5.74, 6) is -0.332. The maximum absolute atomic E-state index is 14.4. The molecule has 3 heterocycles. The van der Waals surface area contributed by atoms with Gasteiger partial charge in [0.05, 0.1) is 23.9 Å². The van der Waals surface area contributed by atoms with Crippen LogP contribution in [0.1, 0.15) is 53.6 Å². The van der Waals surface area contributed by atoms with Gasteiger partial charge in [-0.3, -0.25) is 19.4 Å². The first-order valence-electron chi connectivity index (χ1n) is 16.1. The minimum absolute atomic E-state index is 0.0430. The predicted octanol–water partition coefficient (Wildman–Crippen LogP) is 4.88. The minimum Gasteiger partial charge on any atom is -0.351 e. The molecule has 3 aromatic carbocycles. The molecule has 1 fully saturated rings. The van der Waals surface area contributed by atoms with Gasteiger partial charge in [0.15, 0.2) is 0 Å². The highest BCUT2D eigenvalue weighted by Crippen LogP contribution is 2.38. The Kier molecular flexibility index (Phi) is 9.03. The highest BCUT2D eigenvalue weighted by molar-refractivity contribution is 6.03. The summed E-state index contributed by atoms with van der Waals surface area (Å²) in [7, 11) is 0. The number of carbonyl (C=O) groups excluding carboxylic acids is 3. The quantitative estimate of drug-likeness (QED) is 0.364. The Morgan fingerprint density at radius 2 is 1.60 bits per heavy atom. The highest BCUT2D eigenvalue weighted by atomic mass is 16.2. The molecule has 0 aliphatic carbocycles. The van der Waals surface area contributed by atoms with Gasteiger partial charge in [0.25, 0.3) is 5.91 Å². The van der Waals surface area contributed by atoms with E-state index in [1.54, 1.807) is 9.80 Å². The van der Waals surface area contributed by atoms with Crippen molar-refractivity contribution in [3.8, 4) is 0 Å². The van der Waals surface area contributed by atoms with E-state index in [1.165, 1.54) is 5.56 Å². The van der Waals surface area contributed by atoms with Crippen LogP contribution in [0.4, 0.5) is 4.79 Å². The van der Waals surface area contributed by atoms with E-state index in [9.17, 15) is 14.4 Å². The number of nitrogens with zero attached hydrogens (tertiary/aromatic N) is 3. The number of hydrogen-bond acceptors (Lipinski definition) is 4. The van der Waals surface area contributed by atoms with E-state index in [0.717, 1.165) is 54.7 Å². The van der Waals surface area contributed by atoms with Crippen molar-refractivity contribution in [2.24, 2.45) is 0 Å². The molecule has 1 saturated heterocycles. The summed E-state index contributed by atoms with van der Waals surface area (Å²) in [5, 5.41) is 6.42. The van der Waals surface area contributed by atoms with E-state index >= 15 is 0 Å². The van der Waals surface area contributed by atoms with E-state index in [2.05, 4.69) is 45.9 Å². The van der Waals surface area contributed by atoms with Crippen LogP contribution in [0.15, 0.2) is 90.1 Å². The van der Waals surface area contributed by atoms with Crippen molar-refractivity contribution in [1.82, 2.24) is 25.3 Å². The van der Waals surface area contributed by atoms with Gasteiger partial charge in [-0.05, 0) is 55.9 Å². The summed E-state index contributed by atoms with van der Waals surface area (Å²) in [6.07, 6.45) is 2.11. The Labute approximate surface area is 266 Å². The summed E-state index contributed by atoms with van der Waals surface area (Å²) in [6.45, 7) is 9.31. The number of carbonyl (C=O) groups is 3. The van der Waals surface area contributed by atoms with Gasteiger partial charge < -0.3 is 15.5 Å². The van der Waals surface area contributed by atoms with Crippen molar-refractivity contribution < 1.29 is 14.4 Å². The van der Waals surface area contributed by atoms with Crippen molar-refractivity contribution in [1.29, 1.82) is 0 Å². The highest BCUT2D eigenvalue weighted by Gasteiger charge is 2.47. The topological polar surface area (TPSA) is 85.0 Å². The Morgan fingerprint density at radius 1 is 0.933 bits per heavy atom. The number of benzene rings is 3. The second kappa shape index (κ2) is 13.3. The van der Waals surface area contributed by atoms with Gasteiger partial charge in [0.2, 0.25) is 5.91 Å². The Morgan fingerprint density at radius 3 is 2.24 bits per heavy atom. The molecule has 8 heteroatoms. The smallest absolute Gasteiger partial charge is 0.322 e. The standard InChI is InChI=1S/C37H43N5O3/c1-4-41-32-24-42(36(44)33(32)34(39-37(41)45)30-16-15-25(2)21-26(30)3)31(22-27-11-7-5-8-12-27)35(43)38-29-17-19-40(20-18-29)23-28-13-9-6-10-14-28/h5-16,21,29,31,34H,4,17-20,22-24H2,1-3H3,(H,38,43)(H,39,45)/t31-,34-/m0/s1. The van der Waals surface area contributed by atoms with Crippen LogP contribution in [0.2, 0.25) is 0 Å². The second-order valence-corrected chi connectivity index (χ2v) is 12.5. The average Bonchev–Trinajstić information content (AvgIpc) is 3.38. The Balaban J connectivity index is 1.23. The summed E-state index contributed by atoms with van der Waals surface area (Å²) in [5.41, 5.74) is 6.56. The van der Waals surface area contributed by atoms with Gasteiger partial charge in [-0.15, -0.1) is 0 Å². The van der Waals surface area contributed by atoms with Gasteiger partial charge >= 0.3 is 6.03 Å². The molecule has 2 N–H and O–H groups in total. The molecule has 0 spiro atoms. The molecule has 0 saturated carbocycles. The number of nitrogens with one attached hydrogen (secondary N) is 2. The summed E-state index contributed by atoms with van der Waals surface area (Å²) in [4.78, 5) is 47.6. The molecule has 2 atom stereocenters. The van der Waals surface area contributed by atoms with Gasteiger partial charge in [-0.25, -0.2) is 4.79 Å². The SMILES string of the molecule is CCN1C(=O)N[C@@H](c2ccc(C)cc2C)C2=C1CN([C@@H](Cc1ccccc1)C(=O)NC1CCN(Cc3ccccc3)CC1)C2=O. The zero-order valence-electron chi connectivity index (χ0n) is 26.5. The fraction of sp³-hybridized carbons (Fsp3) is 0.378. The molecule has 3 aromatic rings. The van der Waals surface area contributed by atoms with E-state index in [-0.39, 0.29) is 30.4 Å². The van der Waals surface area contributed by atoms with Gasteiger partial charge in [0, 0.05) is 38.6 Å². The van der Waals surface area contributed by atoms with E-state index in [0.29, 0.717) is 24.2 Å². The van der Waals surface area contributed by atoms with Crippen LogP contribution in [-0.4, -0.2) is 70.8 Å². The van der Waals surface area contributed by atoms with E-state index in [1.807, 2.05) is 69.3 Å². The Hall–Kier alpha value is -4.43. The van der Waals surface area contributed by atoms with Crippen LogP contribution in [-0.2, 0) is 22.6 Å². The molecular weight excluding hydrogens is 562 g/mol. The Bertz CT molecular complexity index is 1580. The zero-order valence-corrected chi connectivity index (χ0v) is 26.5. The van der Waals surface area contributed by atoms with Crippen molar-refractivity contribution in [2.75, 3.05) is 26.2 Å². The first-order chi connectivity index (χ1) is 21.8. The lowest BCUT2D eigenvalue weighted by Gasteiger charge is -2.34. The first-order valence-corrected chi connectivity index (χ1v) is 16.1. The normalized spacial score (nSPS) is 19.8. The maximum Gasteiger partial charge on any atom is 0.322 e. The van der Waals surface area contributed by atoms with Crippen LogP contribution in [0.3, 0.4) is 0 Å². The molecule has 0 unspecified atom stereocenters. The molecule has 8 nitrogen and oxygen atoms in total. The molecule has 0 radical (unpaired) electrons. The number of amides is 4. The predicted molar refractivity (Wildman–Crippen MR) is 175 cm³/mol. The molecule has 4 amide bonds. The fourth-order valence-corrected chi connectivity index (χ4v) is 7.04. The molecule has 234 valence electrons. The van der Waals surface area contributed by atoms with E-state index < -0.39 is 12.1 Å². The lowest BCUT2D eigenvalue weighted by Crippen LogP contribution is -2.53. The third-order valence-corrected chi connectivity index (χ3v) is 9.44. The first kappa shape index (κ1) is 30.6. The van der Waals surface area contributed by atoms with Crippen LogP contribution in [0, 0.1) is 13.8 Å². The molecule has 0 aromatic heterocycles. The lowest BCUT2D eigenvalue weighted by molar-refractivity contribution is -0.137. The van der Waals surface area contributed by atoms with Crippen LogP contribution in [0.5, 0.6) is 0 Å². The van der Waals surface area contributed by atoms with Gasteiger partial charge in [0.1, 0.15) is 6.04 Å². The summed E-state index contributed by atoms with van der Waals surface area (Å²) >= 11 is 0. The average molecular weight is 606 g/mol. The van der Waals surface area contributed by atoms with E-state index in [4.69, 9.17) is 0 Å². The molecular formula is C37H43N5O3. The third kappa shape index (κ3) is 6.52.